The molecule has 5 rings (SSSR count). The zero-order valence-electron chi connectivity index (χ0n) is 33.1. The molecule has 2 atom stereocenters. The Labute approximate surface area is 333 Å². The number of furan rings is 1. The monoisotopic (exact) mass is 779 g/mol. The van der Waals surface area contributed by atoms with Crippen LogP contribution in [0.1, 0.15) is 99.2 Å². The predicted octanol–water partition coefficient (Wildman–Crippen LogP) is 7.39. The van der Waals surface area contributed by atoms with E-state index >= 15 is 0 Å². The molecule has 0 aliphatic heterocycles. The van der Waals surface area contributed by atoms with Crippen LogP contribution in [0.5, 0.6) is 0 Å². The van der Waals surface area contributed by atoms with Crippen LogP contribution in [0, 0.1) is 5.92 Å². The van der Waals surface area contributed by atoms with Crippen molar-refractivity contribution >= 4 is 35.2 Å². The van der Waals surface area contributed by atoms with Crippen molar-refractivity contribution in [3.63, 3.8) is 0 Å². The molecule has 0 saturated carbocycles. The van der Waals surface area contributed by atoms with Gasteiger partial charge in [0.05, 0.1) is 30.7 Å². The molecule has 2 aromatic heterocycles. The van der Waals surface area contributed by atoms with Crippen LogP contribution in [0.15, 0.2) is 108 Å². The standard InChI is InChI=1S/C43H50ClN7O5/c1-28(2)36(45-42(3,4)5)41(55)50(40(54)30-16-20-32(44)21-17-30)26-33-27-51(48-47-33)34-22-18-31(19-23-34)39(53)49(25-29-13-10-9-11-14-29)37(35-15-12-24-56-35)38(52)46-43(6,7)8/h9-24,27-28,36-37,45H,25-26H2,1-8H3,(H,46,52). The number of benzene rings is 3. The van der Waals surface area contributed by atoms with E-state index in [1.807, 2.05) is 85.7 Å². The highest BCUT2D eigenvalue weighted by molar-refractivity contribution is 6.30. The van der Waals surface area contributed by atoms with Gasteiger partial charge in [-0.2, -0.15) is 0 Å². The minimum absolute atomic E-state index is 0.120. The molecule has 0 spiro atoms. The molecule has 0 radical (unpaired) electrons. The average Bonchev–Trinajstić information content (AvgIpc) is 3.85. The first-order valence-corrected chi connectivity index (χ1v) is 18.9. The second kappa shape index (κ2) is 17.5. The molecule has 0 aliphatic rings. The minimum atomic E-state index is -1.05. The molecule has 0 bridgehead atoms. The third-order valence-electron chi connectivity index (χ3n) is 8.69. The highest BCUT2D eigenvalue weighted by Crippen LogP contribution is 2.28. The summed E-state index contributed by atoms with van der Waals surface area (Å²) in [5, 5.41) is 15.4. The lowest BCUT2D eigenvalue weighted by molar-refractivity contribution is -0.133. The maximum absolute atomic E-state index is 14.4. The number of nitrogens with one attached hydrogen (secondary N) is 2. The molecule has 0 fully saturated rings. The number of aromatic nitrogens is 3. The Balaban J connectivity index is 1.43. The van der Waals surface area contributed by atoms with Crippen LogP contribution in [-0.4, -0.2) is 65.5 Å². The van der Waals surface area contributed by atoms with Gasteiger partial charge in [-0.15, -0.1) is 5.10 Å². The first-order chi connectivity index (χ1) is 26.4. The Morgan fingerprint density at radius 3 is 1.98 bits per heavy atom. The number of imide groups is 1. The number of amides is 4. The first-order valence-electron chi connectivity index (χ1n) is 18.5. The van der Waals surface area contributed by atoms with Crippen molar-refractivity contribution in [3.8, 4) is 5.69 Å². The molecule has 13 heteroatoms. The molecule has 4 amide bonds. The molecule has 3 aromatic carbocycles. The van der Waals surface area contributed by atoms with E-state index in [0.29, 0.717) is 33.3 Å². The largest absolute Gasteiger partial charge is 0.467 e. The van der Waals surface area contributed by atoms with Gasteiger partial charge >= 0.3 is 0 Å². The molecule has 294 valence electrons. The number of halogens is 1. The SMILES string of the molecule is CC(C)C(NC(C)(C)C)C(=O)N(Cc1cn(-c2ccc(C(=O)N(Cc3ccccc3)C(C(=O)NC(C)(C)C)c3ccco3)cc2)nn1)C(=O)c1ccc(Cl)cc1. The molecule has 2 heterocycles. The van der Waals surface area contributed by atoms with E-state index in [-0.39, 0.29) is 30.8 Å². The minimum Gasteiger partial charge on any atom is -0.467 e. The lowest BCUT2D eigenvalue weighted by Crippen LogP contribution is -2.56. The van der Waals surface area contributed by atoms with Crippen LogP contribution in [-0.2, 0) is 22.7 Å². The Hall–Kier alpha value is -5.59. The fraction of sp³-hybridized carbons (Fsp3) is 0.349. The molecule has 2 unspecified atom stereocenters. The molecule has 0 saturated heterocycles. The second-order valence-corrected chi connectivity index (χ2v) is 16.6. The summed E-state index contributed by atoms with van der Waals surface area (Å²) in [6.07, 6.45) is 3.12. The maximum atomic E-state index is 14.4. The van der Waals surface area contributed by atoms with E-state index in [0.717, 1.165) is 5.56 Å². The summed E-state index contributed by atoms with van der Waals surface area (Å²) in [5.74, 6) is -1.43. The number of nitrogens with zero attached hydrogens (tertiary/aromatic N) is 5. The smallest absolute Gasteiger partial charge is 0.260 e. The summed E-state index contributed by atoms with van der Waals surface area (Å²) in [5.41, 5.74) is 1.48. The zero-order chi connectivity index (χ0) is 40.8. The second-order valence-electron chi connectivity index (χ2n) is 16.1. The number of carbonyl (C=O) groups is 4. The fourth-order valence-corrected chi connectivity index (χ4v) is 6.22. The quantitative estimate of drug-likeness (QED) is 0.126. The maximum Gasteiger partial charge on any atom is 0.260 e. The van der Waals surface area contributed by atoms with Crippen molar-refractivity contribution < 1.29 is 23.6 Å². The van der Waals surface area contributed by atoms with Crippen LogP contribution in [0.25, 0.3) is 5.69 Å². The van der Waals surface area contributed by atoms with Gasteiger partial charge in [0.2, 0.25) is 5.91 Å². The summed E-state index contributed by atoms with van der Waals surface area (Å²) in [6, 6.07) is 24.2. The lowest BCUT2D eigenvalue weighted by atomic mass is 9.97. The van der Waals surface area contributed by atoms with Gasteiger partial charge in [-0.1, -0.05) is 61.0 Å². The normalized spacial score (nSPS) is 12.9. The van der Waals surface area contributed by atoms with Gasteiger partial charge in [0.1, 0.15) is 11.5 Å². The Bertz CT molecular complexity index is 2100. The van der Waals surface area contributed by atoms with E-state index < -0.39 is 35.0 Å². The van der Waals surface area contributed by atoms with Gasteiger partial charge in [0.15, 0.2) is 6.04 Å². The summed E-state index contributed by atoms with van der Waals surface area (Å²) in [7, 11) is 0. The van der Waals surface area contributed by atoms with Crippen molar-refractivity contribution in [1.82, 2.24) is 35.4 Å². The lowest BCUT2D eigenvalue weighted by Gasteiger charge is -2.33. The van der Waals surface area contributed by atoms with Crippen LogP contribution in [0.2, 0.25) is 5.02 Å². The molecule has 2 N–H and O–H groups in total. The number of hydrogen-bond donors (Lipinski definition) is 2. The van der Waals surface area contributed by atoms with Crippen molar-refractivity contribution in [2.75, 3.05) is 0 Å². The van der Waals surface area contributed by atoms with E-state index in [9.17, 15) is 19.2 Å². The average molecular weight is 780 g/mol. The van der Waals surface area contributed by atoms with E-state index in [1.54, 1.807) is 66.9 Å². The molecule has 56 heavy (non-hydrogen) atoms. The topological polar surface area (TPSA) is 143 Å². The van der Waals surface area contributed by atoms with E-state index in [1.165, 1.54) is 20.7 Å². The van der Waals surface area contributed by atoms with Crippen LogP contribution in [0.4, 0.5) is 0 Å². The van der Waals surface area contributed by atoms with Gasteiger partial charge < -0.3 is 20.0 Å². The third-order valence-corrected chi connectivity index (χ3v) is 8.94. The Morgan fingerprint density at radius 2 is 1.41 bits per heavy atom. The van der Waals surface area contributed by atoms with Gasteiger partial charge in [-0.25, -0.2) is 4.68 Å². The first kappa shape index (κ1) is 41.6. The van der Waals surface area contributed by atoms with Gasteiger partial charge in [0.25, 0.3) is 17.7 Å². The van der Waals surface area contributed by atoms with Gasteiger partial charge in [-0.3, -0.25) is 24.1 Å². The Morgan fingerprint density at radius 1 is 0.786 bits per heavy atom. The van der Waals surface area contributed by atoms with Crippen molar-refractivity contribution in [2.24, 2.45) is 5.92 Å². The highest BCUT2D eigenvalue weighted by atomic mass is 35.5. The van der Waals surface area contributed by atoms with E-state index in [4.69, 9.17) is 16.0 Å². The highest BCUT2D eigenvalue weighted by Gasteiger charge is 2.37. The summed E-state index contributed by atoms with van der Waals surface area (Å²) in [4.78, 5) is 58.9. The molecule has 0 aliphatic carbocycles. The third kappa shape index (κ3) is 10.8. The summed E-state index contributed by atoms with van der Waals surface area (Å²) < 4.78 is 7.23. The van der Waals surface area contributed by atoms with Crippen LogP contribution in [0.3, 0.4) is 0 Å². The van der Waals surface area contributed by atoms with Gasteiger partial charge in [-0.05, 0) is 114 Å². The molecular weight excluding hydrogens is 730 g/mol. The van der Waals surface area contributed by atoms with Crippen molar-refractivity contribution in [3.05, 3.63) is 137 Å². The van der Waals surface area contributed by atoms with Gasteiger partial charge in [0, 0.05) is 33.8 Å². The number of hydrogen-bond acceptors (Lipinski definition) is 8. The molecular formula is C43H50ClN7O5. The zero-order valence-corrected chi connectivity index (χ0v) is 33.9. The van der Waals surface area contributed by atoms with Crippen LogP contribution >= 0.6 is 11.6 Å². The number of rotatable bonds is 13. The Kier molecular flexibility index (Phi) is 13.0. The number of carbonyl (C=O) groups excluding carboxylic acids is 4. The summed E-state index contributed by atoms with van der Waals surface area (Å²) >= 11 is 6.09. The van der Waals surface area contributed by atoms with Crippen LogP contribution < -0.4 is 10.6 Å². The van der Waals surface area contributed by atoms with E-state index in [2.05, 4.69) is 20.9 Å². The molecule has 12 nitrogen and oxygen atoms in total. The molecule has 5 aromatic rings. The summed E-state index contributed by atoms with van der Waals surface area (Å²) in [6.45, 7) is 15.4. The van der Waals surface area contributed by atoms with Crippen molar-refractivity contribution in [1.29, 1.82) is 0 Å². The fourth-order valence-electron chi connectivity index (χ4n) is 6.10. The predicted molar refractivity (Wildman–Crippen MR) is 215 cm³/mol. The van der Waals surface area contributed by atoms with Crippen molar-refractivity contribution in [2.45, 2.75) is 91.6 Å².